The Kier molecular flexibility index (Phi) is 4.81. The zero-order chi connectivity index (χ0) is 11.6. The van der Waals surface area contributed by atoms with E-state index in [1.807, 2.05) is 30.3 Å². The molecule has 0 heterocycles. The van der Waals surface area contributed by atoms with Gasteiger partial charge in [-0.2, -0.15) is 0 Å². The van der Waals surface area contributed by atoms with Gasteiger partial charge in [-0.05, 0) is 11.1 Å². The van der Waals surface area contributed by atoms with Crippen molar-refractivity contribution in [3.05, 3.63) is 65.7 Å². The van der Waals surface area contributed by atoms with Crippen molar-refractivity contribution in [2.24, 2.45) is 0 Å². The third-order valence-corrected chi connectivity index (χ3v) is 3.06. The molecule has 0 bridgehead atoms. The van der Waals surface area contributed by atoms with Gasteiger partial charge in [0.2, 0.25) is 0 Å². The molecule has 82 valence electrons. The van der Waals surface area contributed by atoms with E-state index >= 15 is 0 Å². The zero-order valence-electron chi connectivity index (χ0n) is 10.6. The van der Waals surface area contributed by atoms with Crippen LogP contribution in [-0.2, 0) is 5.41 Å². The van der Waals surface area contributed by atoms with Crippen molar-refractivity contribution < 1.29 is 34.7 Å². The number of benzene rings is 2. The van der Waals surface area contributed by atoms with Crippen LogP contribution in [0.3, 0.4) is 0 Å². The summed E-state index contributed by atoms with van der Waals surface area (Å²) >= 11 is 0. The minimum atomic E-state index is -0.237. The van der Waals surface area contributed by atoms with Crippen LogP contribution in [0.5, 0.6) is 5.75 Å². The van der Waals surface area contributed by atoms with Gasteiger partial charge in [-0.25, -0.2) is 0 Å². The number of hydrogen-bond donors (Lipinski definition) is 0. The van der Waals surface area contributed by atoms with Crippen molar-refractivity contribution in [1.29, 1.82) is 0 Å². The summed E-state index contributed by atoms with van der Waals surface area (Å²) in [5.41, 5.74) is 1.78. The van der Waals surface area contributed by atoms with Gasteiger partial charge < -0.3 is 5.11 Å². The van der Waals surface area contributed by atoms with E-state index in [0.29, 0.717) is 0 Å². The van der Waals surface area contributed by atoms with Crippen LogP contribution in [0.1, 0.15) is 25.0 Å². The Morgan fingerprint density at radius 1 is 0.824 bits per heavy atom. The van der Waals surface area contributed by atoms with Gasteiger partial charge in [0, 0.05) is 5.41 Å². The molecule has 0 atom stereocenters. The van der Waals surface area contributed by atoms with Gasteiger partial charge in [0.1, 0.15) is 0 Å². The third-order valence-electron chi connectivity index (χ3n) is 3.06. The molecule has 0 spiro atoms. The summed E-state index contributed by atoms with van der Waals surface area (Å²) in [4.78, 5) is 0. The molecule has 0 N–H and O–H groups in total. The van der Waals surface area contributed by atoms with Gasteiger partial charge in [-0.15, -0.1) is 5.75 Å². The number of hydrogen-bond acceptors (Lipinski definition) is 1. The zero-order valence-corrected chi connectivity index (χ0v) is 12.6. The molecule has 0 aliphatic heterocycles. The predicted octanol–water partition coefficient (Wildman–Crippen LogP) is 0.0901. The van der Waals surface area contributed by atoms with Crippen molar-refractivity contribution in [3.63, 3.8) is 0 Å². The second-order valence-electron chi connectivity index (χ2n) is 4.49. The fourth-order valence-electron chi connectivity index (χ4n) is 1.99. The van der Waals surface area contributed by atoms with E-state index in [1.54, 1.807) is 12.1 Å². The summed E-state index contributed by atoms with van der Waals surface area (Å²) in [5, 5.41) is 11.8. The van der Waals surface area contributed by atoms with Crippen LogP contribution < -0.4 is 34.7 Å². The molecule has 0 aliphatic rings. The maximum absolute atomic E-state index is 11.8. The third kappa shape index (κ3) is 2.92. The Morgan fingerprint density at radius 2 is 1.35 bits per heavy atom. The topological polar surface area (TPSA) is 23.1 Å². The monoisotopic (exact) mass is 234 g/mol. The van der Waals surface area contributed by atoms with Gasteiger partial charge in [0.05, 0.1) is 0 Å². The van der Waals surface area contributed by atoms with Crippen molar-refractivity contribution in [2.75, 3.05) is 0 Å². The first-order valence-corrected chi connectivity index (χ1v) is 5.44. The van der Waals surface area contributed by atoms with Gasteiger partial charge in [-0.3, -0.25) is 0 Å². The maximum atomic E-state index is 11.8. The molecule has 2 heteroatoms. The van der Waals surface area contributed by atoms with Crippen LogP contribution >= 0.6 is 0 Å². The van der Waals surface area contributed by atoms with Crippen molar-refractivity contribution in [2.45, 2.75) is 19.3 Å². The molecule has 2 rings (SSSR count). The van der Waals surface area contributed by atoms with Gasteiger partial charge >= 0.3 is 29.6 Å². The second kappa shape index (κ2) is 5.72. The van der Waals surface area contributed by atoms with Gasteiger partial charge in [0.25, 0.3) is 0 Å². The molecule has 2 aromatic carbocycles. The molecule has 0 aliphatic carbocycles. The molecule has 0 fully saturated rings. The van der Waals surface area contributed by atoms with Crippen molar-refractivity contribution in [3.8, 4) is 5.75 Å². The fourth-order valence-corrected chi connectivity index (χ4v) is 1.99. The largest absolute Gasteiger partial charge is 1.00 e. The van der Waals surface area contributed by atoms with Gasteiger partial charge in [0.15, 0.2) is 0 Å². The van der Waals surface area contributed by atoms with Crippen molar-refractivity contribution in [1.82, 2.24) is 0 Å². The summed E-state index contributed by atoms with van der Waals surface area (Å²) < 4.78 is 0. The number of para-hydroxylation sites is 1. The Labute approximate surface area is 125 Å². The first kappa shape index (κ1) is 14.3. The van der Waals surface area contributed by atoms with E-state index in [1.165, 1.54) is 5.56 Å². The van der Waals surface area contributed by atoms with Gasteiger partial charge in [-0.1, -0.05) is 68.4 Å². The summed E-state index contributed by atoms with van der Waals surface area (Å²) in [6.45, 7) is 4.16. The normalized spacial score (nSPS) is 10.7. The first-order chi connectivity index (χ1) is 7.62. The van der Waals surface area contributed by atoms with Crippen LogP contribution in [-0.4, -0.2) is 0 Å². The minimum absolute atomic E-state index is 0. The molecular weight excluding hydrogens is 219 g/mol. The molecule has 0 aromatic heterocycles. The first-order valence-electron chi connectivity index (χ1n) is 5.44. The van der Waals surface area contributed by atoms with E-state index in [0.717, 1.165) is 5.56 Å². The summed E-state index contributed by atoms with van der Waals surface area (Å²) in [6, 6.07) is 17.4. The Balaban J connectivity index is 0.00000144. The average molecular weight is 234 g/mol. The fraction of sp³-hybridized carbons (Fsp3) is 0.200. The van der Waals surface area contributed by atoms with Crippen LogP contribution in [0.4, 0.5) is 0 Å². The molecule has 2 aromatic rings. The molecule has 0 unspecified atom stereocenters. The average Bonchev–Trinajstić information content (AvgIpc) is 2.30. The Morgan fingerprint density at radius 3 is 1.94 bits per heavy atom. The van der Waals surface area contributed by atoms with Crippen LogP contribution in [0.2, 0.25) is 0 Å². The molecule has 0 saturated heterocycles. The number of rotatable bonds is 2. The summed E-state index contributed by atoms with van der Waals surface area (Å²) in [7, 11) is 0. The smallest absolute Gasteiger partial charge is 0.872 e. The molecule has 0 radical (unpaired) electrons. The quantitative estimate of drug-likeness (QED) is 0.675. The molecule has 0 amide bonds. The van der Waals surface area contributed by atoms with Crippen molar-refractivity contribution >= 4 is 0 Å². The summed E-state index contributed by atoms with van der Waals surface area (Å²) in [5.74, 6) is 0.108. The van der Waals surface area contributed by atoms with E-state index in [9.17, 15) is 5.11 Å². The Bertz CT molecular complexity index is 477. The van der Waals surface area contributed by atoms with E-state index in [4.69, 9.17) is 0 Å². The molecular formula is C15H15NaO. The van der Waals surface area contributed by atoms with Crippen LogP contribution in [0, 0.1) is 0 Å². The van der Waals surface area contributed by atoms with E-state index in [-0.39, 0.29) is 40.7 Å². The molecule has 0 saturated carbocycles. The summed E-state index contributed by atoms with van der Waals surface area (Å²) in [6.07, 6.45) is 0. The predicted molar refractivity (Wildman–Crippen MR) is 64.5 cm³/mol. The van der Waals surface area contributed by atoms with Crippen LogP contribution in [0.15, 0.2) is 54.6 Å². The molecule has 17 heavy (non-hydrogen) atoms. The maximum Gasteiger partial charge on any atom is 1.00 e. The van der Waals surface area contributed by atoms with E-state index in [2.05, 4.69) is 26.0 Å². The molecule has 1 nitrogen and oxygen atoms in total. The van der Waals surface area contributed by atoms with E-state index < -0.39 is 0 Å². The minimum Gasteiger partial charge on any atom is -0.872 e. The van der Waals surface area contributed by atoms with Crippen LogP contribution in [0.25, 0.3) is 0 Å². The second-order valence-corrected chi connectivity index (χ2v) is 4.49. The standard InChI is InChI=1S/C15H16O.Na/c1-15(2,12-8-4-3-5-9-12)13-10-6-7-11-14(13)16;/h3-11,16H,1-2H3;/q;+1/p-1. The Hall–Kier alpha value is -0.760. The SMILES string of the molecule is CC(C)(c1ccccc1)c1ccccc1[O-].[Na+].